The molecule has 1 N–H and O–H groups in total. The summed E-state index contributed by atoms with van der Waals surface area (Å²) >= 11 is 0. The smallest absolute Gasteiger partial charge is 0.264 e. The van der Waals surface area contributed by atoms with E-state index in [1.807, 2.05) is 40.7 Å². The zero-order valence-electron chi connectivity index (χ0n) is 18.7. The number of aromatic nitrogens is 2. The van der Waals surface area contributed by atoms with Gasteiger partial charge in [-0.05, 0) is 71.0 Å². The van der Waals surface area contributed by atoms with Crippen LogP contribution >= 0.6 is 0 Å². The third-order valence-electron chi connectivity index (χ3n) is 4.88. The van der Waals surface area contributed by atoms with Crippen molar-refractivity contribution in [2.45, 2.75) is 45.1 Å². The second-order valence-corrected chi connectivity index (χ2v) is 10.5. The lowest BCUT2D eigenvalue weighted by Gasteiger charge is -2.22. The lowest BCUT2D eigenvalue weighted by atomic mass is 10.1. The highest BCUT2D eigenvalue weighted by Gasteiger charge is 2.22. The Kier molecular flexibility index (Phi) is 5.96. The molecule has 7 nitrogen and oxygen atoms in total. The molecule has 0 aliphatic heterocycles. The van der Waals surface area contributed by atoms with E-state index in [4.69, 9.17) is 0 Å². The van der Waals surface area contributed by atoms with E-state index in [-0.39, 0.29) is 16.3 Å². The van der Waals surface area contributed by atoms with E-state index in [0.717, 1.165) is 11.3 Å². The van der Waals surface area contributed by atoms with E-state index in [0.29, 0.717) is 17.1 Å². The first kappa shape index (κ1) is 22.6. The summed E-state index contributed by atoms with van der Waals surface area (Å²) in [5.74, 6) is 0.319. The van der Waals surface area contributed by atoms with Gasteiger partial charge in [0.05, 0.1) is 21.8 Å². The Labute approximate surface area is 183 Å². The Balaban J connectivity index is 1.80. The summed E-state index contributed by atoms with van der Waals surface area (Å²) in [7, 11) is -2.19. The molecular weight excluding hydrogens is 412 g/mol. The van der Waals surface area contributed by atoms with Crippen LogP contribution in [0.3, 0.4) is 0 Å². The second kappa shape index (κ2) is 8.19. The fourth-order valence-corrected chi connectivity index (χ4v) is 4.31. The molecule has 1 amide bonds. The van der Waals surface area contributed by atoms with Crippen LogP contribution in [0, 0.1) is 13.8 Å². The van der Waals surface area contributed by atoms with Gasteiger partial charge in [0.25, 0.3) is 15.9 Å². The number of nitrogens with one attached hydrogen (secondary N) is 1. The van der Waals surface area contributed by atoms with Crippen LogP contribution < -0.4 is 9.62 Å². The SMILES string of the molecule is Cc1ccc(S(=O)(=O)N(C)c2ccc(C(=O)Nc3cc(C)nn3C(C)(C)C)cc2)cc1. The van der Waals surface area contributed by atoms with Gasteiger partial charge >= 0.3 is 0 Å². The number of aryl methyl sites for hydroxylation is 2. The maximum absolute atomic E-state index is 12.9. The normalized spacial score (nSPS) is 11.9. The third kappa shape index (κ3) is 4.80. The number of nitrogens with zero attached hydrogens (tertiary/aromatic N) is 3. The van der Waals surface area contributed by atoms with Gasteiger partial charge in [-0.2, -0.15) is 5.10 Å². The van der Waals surface area contributed by atoms with Gasteiger partial charge < -0.3 is 5.32 Å². The van der Waals surface area contributed by atoms with Crippen molar-refractivity contribution in [1.82, 2.24) is 9.78 Å². The monoisotopic (exact) mass is 440 g/mol. The molecule has 8 heteroatoms. The summed E-state index contributed by atoms with van der Waals surface area (Å²) in [6, 6.07) is 15.0. The van der Waals surface area contributed by atoms with Crippen molar-refractivity contribution < 1.29 is 13.2 Å². The van der Waals surface area contributed by atoms with Crippen molar-refractivity contribution in [1.29, 1.82) is 0 Å². The third-order valence-corrected chi connectivity index (χ3v) is 6.68. The standard InChI is InChI=1S/C23H28N4O3S/c1-16-7-13-20(14-8-16)31(29,30)26(6)19-11-9-18(10-12-19)22(28)24-21-15-17(2)25-27(21)23(3,4)5/h7-15H,1-6H3,(H,24,28). The fraction of sp³-hybridized carbons (Fsp3) is 0.304. The van der Waals surface area contributed by atoms with Crippen molar-refractivity contribution in [3.8, 4) is 0 Å². The van der Waals surface area contributed by atoms with E-state index >= 15 is 0 Å². The molecule has 0 saturated heterocycles. The molecule has 0 unspecified atom stereocenters. The largest absolute Gasteiger partial charge is 0.307 e. The number of carbonyl (C=O) groups is 1. The topological polar surface area (TPSA) is 84.3 Å². The summed E-state index contributed by atoms with van der Waals surface area (Å²) in [4.78, 5) is 13.0. The zero-order chi connectivity index (χ0) is 23.0. The van der Waals surface area contributed by atoms with E-state index in [1.165, 1.54) is 11.4 Å². The minimum Gasteiger partial charge on any atom is -0.307 e. The molecule has 0 atom stereocenters. The average Bonchev–Trinajstić information content (AvgIpc) is 3.08. The maximum atomic E-state index is 12.9. The summed E-state index contributed by atoms with van der Waals surface area (Å²) in [5, 5.41) is 7.35. The van der Waals surface area contributed by atoms with Gasteiger partial charge in [-0.1, -0.05) is 17.7 Å². The molecule has 2 aromatic carbocycles. The van der Waals surface area contributed by atoms with Crippen molar-refractivity contribution in [3.63, 3.8) is 0 Å². The number of amides is 1. The number of sulfonamides is 1. The molecule has 164 valence electrons. The Morgan fingerprint density at radius 3 is 2.13 bits per heavy atom. The van der Waals surface area contributed by atoms with Crippen molar-refractivity contribution >= 4 is 27.4 Å². The molecule has 0 aliphatic rings. The number of anilines is 2. The first-order valence-electron chi connectivity index (χ1n) is 9.94. The van der Waals surface area contributed by atoms with Crippen LogP contribution in [0.5, 0.6) is 0 Å². The molecular formula is C23H28N4O3S. The highest BCUT2D eigenvalue weighted by Crippen LogP contribution is 2.24. The lowest BCUT2D eigenvalue weighted by molar-refractivity contribution is 0.102. The van der Waals surface area contributed by atoms with Gasteiger partial charge in [-0.3, -0.25) is 9.10 Å². The Hall–Kier alpha value is -3.13. The number of benzene rings is 2. The van der Waals surface area contributed by atoms with Crippen LogP contribution in [0.1, 0.15) is 42.4 Å². The number of carbonyl (C=O) groups excluding carboxylic acids is 1. The fourth-order valence-electron chi connectivity index (χ4n) is 3.12. The second-order valence-electron chi connectivity index (χ2n) is 8.54. The van der Waals surface area contributed by atoms with E-state index in [2.05, 4.69) is 10.4 Å². The number of hydrogen-bond acceptors (Lipinski definition) is 4. The lowest BCUT2D eigenvalue weighted by Crippen LogP contribution is -2.27. The molecule has 0 saturated carbocycles. The van der Waals surface area contributed by atoms with Gasteiger partial charge in [-0.25, -0.2) is 13.1 Å². The van der Waals surface area contributed by atoms with Crippen molar-refractivity contribution in [2.24, 2.45) is 0 Å². The number of hydrogen-bond donors (Lipinski definition) is 1. The maximum Gasteiger partial charge on any atom is 0.264 e. The van der Waals surface area contributed by atoms with E-state index in [1.54, 1.807) is 53.2 Å². The van der Waals surface area contributed by atoms with E-state index in [9.17, 15) is 13.2 Å². The predicted molar refractivity (Wildman–Crippen MR) is 123 cm³/mol. The molecule has 0 spiro atoms. The molecule has 31 heavy (non-hydrogen) atoms. The van der Waals surface area contributed by atoms with Crippen molar-refractivity contribution in [2.75, 3.05) is 16.7 Å². The molecule has 0 aliphatic carbocycles. The first-order chi connectivity index (χ1) is 14.4. The summed E-state index contributed by atoms with van der Waals surface area (Å²) in [5.41, 5.74) is 2.40. The summed E-state index contributed by atoms with van der Waals surface area (Å²) in [6.07, 6.45) is 0. The van der Waals surface area contributed by atoms with Crippen LogP contribution in [0.15, 0.2) is 59.5 Å². The van der Waals surface area contributed by atoms with Crippen LogP contribution in [-0.2, 0) is 15.6 Å². The number of rotatable bonds is 5. The highest BCUT2D eigenvalue weighted by molar-refractivity contribution is 7.92. The van der Waals surface area contributed by atoms with Gasteiger partial charge in [0.2, 0.25) is 0 Å². The summed E-state index contributed by atoms with van der Waals surface area (Å²) in [6.45, 7) is 9.80. The van der Waals surface area contributed by atoms with Gasteiger partial charge in [0, 0.05) is 18.7 Å². The Morgan fingerprint density at radius 1 is 1.00 bits per heavy atom. The average molecular weight is 441 g/mol. The van der Waals surface area contributed by atoms with Crippen LogP contribution in [0.4, 0.5) is 11.5 Å². The van der Waals surface area contributed by atoms with Crippen LogP contribution in [0.2, 0.25) is 0 Å². The molecule has 3 rings (SSSR count). The Morgan fingerprint density at radius 2 is 1.58 bits per heavy atom. The van der Waals surface area contributed by atoms with Crippen molar-refractivity contribution in [3.05, 3.63) is 71.4 Å². The summed E-state index contributed by atoms with van der Waals surface area (Å²) < 4.78 is 28.7. The Bertz CT molecular complexity index is 1190. The van der Waals surface area contributed by atoms with Crippen LogP contribution in [0.25, 0.3) is 0 Å². The minimum absolute atomic E-state index is 0.216. The van der Waals surface area contributed by atoms with Crippen LogP contribution in [-0.4, -0.2) is 31.2 Å². The molecule has 0 fully saturated rings. The van der Waals surface area contributed by atoms with Gasteiger partial charge in [-0.15, -0.1) is 0 Å². The quantitative estimate of drug-likeness (QED) is 0.640. The molecule has 0 radical (unpaired) electrons. The highest BCUT2D eigenvalue weighted by atomic mass is 32.2. The molecule has 1 heterocycles. The molecule has 0 bridgehead atoms. The minimum atomic E-state index is -3.69. The van der Waals surface area contributed by atoms with E-state index < -0.39 is 10.0 Å². The molecule has 3 aromatic rings. The van der Waals surface area contributed by atoms with Gasteiger partial charge in [0.15, 0.2) is 0 Å². The first-order valence-corrected chi connectivity index (χ1v) is 11.4. The zero-order valence-corrected chi connectivity index (χ0v) is 19.5. The predicted octanol–water partition coefficient (Wildman–Crippen LogP) is 4.33. The molecule has 1 aromatic heterocycles. The van der Waals surface area contributed by atoms with Gasteiger partial charge in [0.1, 0.15) is 5.82 Å².